The van der Waals surface area contributed by atoms with Gasteiger partial charge in [-0.05, 0) is 25.8 Å². The van der Waals surface area contributed by atoms with Crippen LogP contribution in [-0.4, -0.2) is 28.4 Å². The number of likely N-dealkylation sites (tertiary alicyclic amines) is 1. The second-order valence-electron chi connectivity index (χ2n) is 4.47. The first-order chi connectivity index (χ1) is 8.20. The Morgan fingerprint density at radius 1 is 1.65 bits per heavy atom. The minimum atomic E-state index is -0.198. The van der Waals surface area contributed by atoms with Gasteiger partial charge in [0.05, 0.1) is 16.7 Å². The molecule has 1 aliphatic heterocycles. The number of rotatable bonds is 4. The number of aromatic nitrogens is 1. The Bertz CT molecular complexity index is 391. The lowest BCUT2D eigenvalue weighted by Gasteiger charge is -2.32. The summed E-state index contributed by atoms with van der Waals surface area (Å²) < 4.78 is 0. The first-order valence-electron chi connectivity index (χ1n) is 6.17. The highest BCUT2D eigenvalue weighted by Crippen LogP contribution is 2.20. The zero-order valence-corrected chi connectivity index (χ0v) is 11.0. The van der Waals surface area contributed by atoms with Crippen molar-refractivity contribution in [2.24, 2.45) is 5.73 Å². The second kappa shape index (κ2) is 5.60. The number of carbonyl (C=O) groups is 1. The summed E-state index contributed by atoms with van der Waals surface area (Å²) in [7, 11) is 0. The van der Waals surface area contributed by atoms with Crippen molar-refractivity contribution < 1.29 is 4.79 Å². The van der Waals surface area contributed by atoms with E-state index in [2.05, 4.69) is 22.2 Å². The van der Waals surface area contributed by atoms with Gasteiger partial charge in [0, 0.05) is 11.9 Å². The summed E-state index contributed by atoms with van der Waals surface area (Å²) in [4.78, 5) is 18.1. The maximum atomic E-state index is 11.4. The zero-order valence-electron chi connectivity index (χ0n) is 10.2. The molecule has 1 atom stereocenters. The monoisotopic (exact) mass is 253 g/mol. The highest BCUT2D eigenvalue weighted by molar-refractivity contribution is 7.09. The van der Waals surface area contributed by atoms with Crippen molar-refractivity contribution >= 4 is 17.2 Å². The molecule has 2 heterocycles. The van der Waals surface area contributed by atoms with Crippen LogP contribution in [0, 0.1) is 0 Å². The lowest BCUT2D eigenvalue weighted by atomic mass is 10.0. The van der Waals surface area contributed by atoms with E-state index in [1.165, 1.54) is 0 Å². The normalized spacial score (nSPS) is 21.6. The van der Waals surface area contributed by atoms with E-state index in [1.807, 2.05) is 0 Å². The van der Waals surface area contributed by atoms with Gasteiger partial charge in [0.15, 0.2) is 0 Å². The van der Waals surface area contributed by atoms with Crippen molar-refractivity contribution in [2.75, 3.05) is 6.54 Å². The summed E-state index contributed by atoms with van der Waals surface area (Å²) in [5.74, 6) is -0.198. The van der Waals surface area contributed by atoms with Crippen molar-refractivity contribution in [1.82, 2.24) is 9.88 Å². The molecular weight excluding hydrogens is 234 g/mol. The van der Waals surface area contributed by atoms with Crippen LogP contribution in [0.1, 0.15) is 36.9 Å². The molecule has 2 N–H and O–H groups in total. The fourth-order valence-electron chi connectivity index (χ4n) is 2.29. The zero-order chi connectivity index (χ0) is 12.3. The summed E-state index contributed by atoms with van der Waals surface area (Å²) in [6.45, 7) is 3.81. The van der Waals surface area contributed by atoms with E-state index < -0.39 is 0 Å². The van der Waals surface area contributed by atoms with Crippen molar-refractivity contribution in [2.45, 2.75) is 45.2 Å². The predicted molar refractivity (Wildman–Crippen MR) is 68.7 cm³/mol. The molecule has 2 rings (SSSR count). The third kappa shape index (κ3) is 3.04. The summed E-state index contributed by atoms with van der Waals surface area (Å²) in [6, 6.07) is -0.101. The molecule has 5 heteroatoms. The Labute approximate surface area is 106 Å². The lowest BCUT2D eigenvalue weighted by molar-refractivity contribution is -0.124. The molecule has 1 fully saturated rings. The van der Waals surface area contributed by atoms with E-state index in [9.17, 15) is 4.79 Å². The van der Waals surface area contributed by atoms with Gasteiger partial charge in [-0.15, -0.1) is 11.3 Å². The maximum absolute atomic E-state index is 11.4. The Morgan fingerprint density at radius 3 is 3.12 bits per heavy atom. The van der Waals surface area contributed by atoms with Gasteiger partial charge in [-0.2, -0.15) is 0 Å². The molecule has 0 saturated carbocycles. The summed E-state index contributed by atoms with van der Waals surface area (Å²) >= 11 is 1.69. The molecule has 1 aromatic rings. The van der Waals surface area contributed by atoms with Crippen LogP contribution in [0.5, 0.6) is 0 Å². The summed E-state index contributed by atoms with van der Waals surface area (Å²) in [5, 5.41) is 3.25. The van der Waals surface area contributed by atoms with Gasteiger partial charge >= 0.3 is 0 Å². The first-order valence-corrected chi connectivity index (χ1v) is 7.05. The quantitative estimate of drug-likeness (QED) is 0.885. The molecule has 1 aliphatic rings. The van der Waals surface area contributed by atoms with Crippen LogP contribution < -0.4 is 5.73 Å². The van der Waals surface area contributed by atoms with Crippen LogP contribution in [0.2, 0.25) is 0 Å². The summed E-state index contributed by atoms with van der Waals surface area (Å²) in [5.41, 5.74) is 6.51. The van der Waals surface area contributed by atoms with E-state index in [1.54, 1.807) is 11.3 Å². The van der Waals surface area contributed by atoms with Crippen LogP contribution in [0.25, 0.3) is 0 Å². The molecule has 0 aliphatic carbocycles. The van der Waals surface area contributed by atoms with Crippen LogP contribution in [0.4, 0.5) is 0 Å². The Balaban J connectivity index is 2.02. The Kier molecular flexibility index (Phi) is 4.12. The van der Waals surface area contributed by atoms with E-state index >= 15 is 0 Å². The van der Waals surface area contributed by atoms with Gasteiger partial charge < -0.3 is 5.73 Å². The molecule has 4 nitrogen and oxygen atoms in total. The van der Waals surface area contributed by atoms with Crippen LogP contribution in [0.3, 0.4) is 0 Å². The fraction of sp³-hybridized carbons (Fsp3) is 0.667. The first kappa shape index (κ1) is 12.5. The molecule has 17 heavy (non-hydrogen) atoms. The number of primary amides is 1. The number of thiazole rings is 1. The van der Waals surface area contributed by atoms with Crippen molar-refractivity contribution in [3.8, 4) is 0 Å². The van der Waals surface area contributed by atoms with Gasteiger partial charge in [0.25, 0.3) is 0 Å². The van der Waals surface area contributed by atoms with Crippen LogP contribution >= 0.6 is 11.3 Å². The topological polar surface area (TPSA) is 59.2 Å². The van der Waals surface area contributed by atoms with Crippen LogP contribution in [0.15, 0.2) is 5.38 Å². The average molecular weight is 253 g/mol. The van der Waals surface area contributed by atoms with E-state index in [0.29, 0.717) is 0 Å². The minimum Gasteiger partial charge on any atom is -0.368 e. The minimum absolute atomic E-state index is 0.101. The van der Waals surface area contributed by atoms with Gasteiger partial charge in [0.1, 0.15) is 0 Å². The number of nitrogens with zero attached hydrogens (tertiary/aromatic N) is 2. The molecule has 1 amide bonds. The van der Waals surface area contributed by atoms with Gasteiger partial charge in [0.2, 0.25) is 5.91 Å². The number of nitrogens with two attached hydrogens (primary N) is 1. The van der Waals surface area contributed by atoms with Gasteiger partial charge in [-0.3, -0.25) is 9.69 Å². The van der Waals surface area contributed by atoms with E-state index in [4.69, 9.17) is 5.73 Å². The van der Waals surface area contributed by atoms with E-state index in [-0.39, 0.29) is 11.9 Å². The van der Waals surface area contributed by atoms with Crippen LogP contribution in [-0.2, 0) is 17.8 Å². The van der Waals surface area contributed by atoms with Crippen molar-refractivity contribution in [3.05, 3.63) is 16.1 Å². The molecular formula is C12H19N3OS. The number of piperidine rings is 1. The predicted octanol–water partition coefficient (Wildman–Crippen LogP) is 1.55. The van der Waals surface area contributed by atoms with E-state index in [0.717, 1.165) is 49.5 Å². The Hall–Kier alpha value is -0.940. The smallest absolute Gasteiger partial charge is 0.234 e. The third-order valence-corrected chi connectivity index (χ3v) is 4.25. The molecule has 0 unspecified atom stereocenters. The molecule has 1 saturated heterocycles. The number of carbonyl (C=O) groups excluding carboxylic acids is 1. The molecule has 0 spiro atoms. The SMILES string of the molecule is CCc1nc(CN2CCCC[C@H]2C(N)=O)cs1. The Morgan fingerprint density at radius 2 is 2.47 bits per heavy atom. The highest BCUT2D eigenvalue weighted by atomic mass is 32.1. The summed E-state index contributed by atoms with van der Waals surface area (Å²) in [6.07, 6.45) is 4.11. The second-order valence-corrected chi connectivity index (χ2v) is 5.41. The largest absolute Gasteiger partial charge is 0.368 e. The molecule has 0 radical (unpaired) electrons. The number of hydrogen-bond acceptors (Lipinski definition) is 4. The third-order valence-electron chi connectivity index (χ3n) is 3.21. The average Bonchev–Trinajstić information content (AvgIpc) is 2.77. The molecule has 0 bridgehead atoms. The van der Waals surface area contributed by atoms with Gasteiger partial charge in [-0.1, -0.05) is 13.3 Å². The standard InChI is InChI=1S/C12H19N3OS/c1-2-11-14-9(8-17-11)7-15-6-4-3-5-10(15)12(13)16/h8,10H,2-7H2,1H3,(H2,13,16)/t10-/m0/s1. The maximum Gasteiger partial charge on any atom is 0.234 e. The number of aryl methyl sites for hydroxylation is 1. The lowest BCUT2D eigenvalue weighted by Crippen LogP contribution is -2.47. The molecule has 0 aromatic carbocycles. The number of amides is 1. The molecule has 1 aromatic heterocycles. The highest BCUT2D eigenvalue weighted by Gasteiger charge is 2.27. The molecule has 94 valence electrons. The fourth-order valence-corrected chi connectivity index (χ4v) is 3.03. The van der Waals surface area contributed by atoms with Crippen molar-refractivity contribution in [3.63, 3.8) is 0 Å². The number of hydrogen-bond donors (Lipinski definition) is 1. The van der Waals surface area contributed by atoms with Gasteiger partial charge in [-0.25, -0.2) is 4.98 Å². The van der Waals surface area contributed by atoms with Crippen molar-refractivity contribution in [1.29, 1.82) is 0 Å².